The molecule has 3 N–H and O–H groups in total. The van der Waals surface area contributed by atoms with E-state index >= 15 is 0 Å². The number of benzene rings is 1. The Kier molecular flexibility index (Phi) is 2.31. The van der Waals surface area contributed by atoms with Gasteiger partial charge in [-0.1, -0.05) is 23.7 Å². The first-order valence-electron chi connectivity index (χ1n) is 5.18. The van der Waals surface area contributed by atoms with Crippen molar-refractivity contribution in [1.29, 1.82) is 5.41 Å². The van der Waals surface area contributed by atoms with Crippen molar-refractivity contribution in [1.82, 2.24) is 19.4 Å². The molecule has 0 radical (unpaired) electrons. The molecule has 0 amide bonds. The molecule has 1 aromatic carbocycles. The van der Waals surface area contributed by atoms with Crippen molar-refractivity contribution < 1.29 is 0 Å². The third-order valence-corrected chi connectivity index (χ3v) is 2.96. The highest BCUT2D eigenvalue weighted by molar-refractivity contribution is 6.32. The second-order valence-electron chi connectivity index (χ2n) is 3.75. The summed E-state index contributed by atoms with van der Waals surface area (Å²) in [5.41, 5.74) is 1.42. The van der Waals surface area contributed by atoms with Crippen LogP contribution in [0.3, 0.4) is 0 Å². The lowest BCUT2D eigenvalue weighted by atomic mass is 10.3. The molecule has 0 atom stereocenters. The number of hydrogen-bond donors (Lipinski definition) is 2. The van der Waals surface area contributed by atoms with Crippen LogP contribution in [-0.4, -0.2) is 19.4 Å². The Bertz CT molecular complexity index is 788. The zero-order valence-electron chi connectivity index (χ0n) is 9.21. The minimum atomic E-state index is 0.151. The van der Waals surface area contributed by atoms with Crippen LogP contribution in [0.5, 0.6) is 0 Å². The third-order valence-electron chi connectivity index (χ3n) is 2.64. The van der Waals surface area contributed by atoms with E-state index in [1.165, 1.54) is 6.33 Å². The molecule has 0 saturated heterocycles. The van der Waals surface area contributed by atoms with Gasteiger partial charge in [-0.15, -0.1) is 0 Å². The molecule has 6 nitrogen and oxygen atoms in total. The molecule has 2 heterocycles. The van der Waals surface area contributed by atoms with Crippen molar-refractivity contribution in [2.45, 2.75) is 0 Å². The van der Waals surface area contributed by atoms with Crippen molar-refractivity contribution in [3.05, 3.63) is 47.3 Å². The number of nitrogens with one attached hydrogen (secondary N) is 1. The number of nitrogens with two attached hydrogens (primary N) is 1. The molecule has 2 aromatic heterocycles. The maximum Gasteiger partial charge on any atom is 0.168 e. The first kappa shape index (κ1) is 10.8. The van der Waals surface area contributed by atoms with Crippen LogP contribution < -0.4 is 11.3 Å². The fourth-order valence-corrected chi connectivity index (χ4v) is 1.96. The Morgan fingerprint density at radius 1 is 1.28 bits per heavy atom. The second kappa shape index (κ2) is 3.85. The molecule has 0 spiro atoms. The van der Waals surface area contributed by atoms with Gasteiger partial charge < -0.3 is 5.84 Å². The molecule has 7 heteroatoms. The lowest BCUT2D eigenvalue weighted by Crippen LogP contribution is -2.27. The van der Waals surface area contributed by atoms with Gasteiger partial charge in [0, 0.05) is 0 Å². The van der Waals surface area contributed by atoms with E-state index in [1.807, 2.05) is 18.2 Å². The number of rotatable bonds is 1. The van der Waals surface area contributed by atoms with Crippen molar-refractivity contribution in [3.63, 3.8) is 0 Å². The number of hydrogen-bond acceptors (Lipinski definition) is 4. The van der Waals surface area contributed by atoms with Crippen molar-refractivity contribution in [3.8, 4) is 5.69 Å². The van der Waals surface area contributed by atoms with Crippen LogP contribution in [0, 0.1) is 5.41 Å². The molecule has 18 heavy (non-hydrogen) atoms. The molecule has 0 aliphatic carbocycles. The van der Waals surface area contributed by atoms with E-state index in [0.29, 0.717) is 16.1 Å². The summed E-state index contributed by atoms with van der Waals surface area (Å²) in [7, 11) is 0. The lowest BCUT2D eigenvalue weighted by Gasteiger charge is -2.05. The Morgan fingerprint density at radius 2 is 2.06 bits per heavy atom. The van der Waals surface area contributed by atoms with Gasteiger partial charge >= 0.3 is 0 Å². The molecule has 90 valence electrons. The molecule has 0 aliphatic heterocycles. The van der Waals surface area contributed by atoms with Gasteiger partial charge in [-0.05, 0) is 12.1 Å². The van der Waals surface area contributed by atoms with Gasteiger partial charge in [0.25, 0.3) is 0 Å². The first-order valence-corrected chi connectivity index (χ1v) is 5.56. The van der Waals surface area contributed by atoms with Crippen LogP contribution in [-0.2, 0) is 0 Å². The largest absolute Gasteiger partial charge is 0.336 e. The van der Waals surface area contributed by atoms with Gasteiger partial charge in [0.15, 0.2) is 11.1 Å². The van der Waals surface area contributed by atoms with E-state index in [9.17, 15) is 0 Å². The molecular formula is C11H9ClN6. The molecule has 3 aromatic rings. The molecule has 0 fully saturated rings. The summed E-state index contributed by atoms with van der Waals surface area (Å²) in [6.07, 6.45) is 2.93. The number of fused-ring (bicyclic) bond motifs is 1. The quantitative estimate of drug-likeness (QED) is 0.642. The highest BCUT2D eigenvalue weighted by atomic mass is 35.5. The number of nitrogens with zero attached hydrogens (tertiary/aromatic N) is 4. The van der Waals surface area contributed by atoms with Crippen molar-refractivity contribution >= 4 is 22.6 Å². The van der Waals surface area contributed by atoms with Crippen LogP contribution in [0.15, 0.2) is 36.8 Å². The number of aromatic nitrogens is 4. The van der Waals surface area contributed by atoms with E-state index in [-0.39, 0.29) is 5.49 Å². The molecular weight excluding hydrogens is 252 g/mol. The zero-order chi connectivity index (χ0) is 12.7. The smallest absolute Gasteiger partial charge is 0.168 e. The van der Waals surface area contributed by atoms with Gasteiger partial charge in [-0.3, -0.25) is 5.41 Å². The van der Waals surface area contributed by atoms with Crippen LogP contribution in [0.25, 0.3) is 16.7 Å². The minimum absolute atomic E-state index is 0.151. The van der Waals surface area contributed by atoms with Crippen LogP contribution in [0.2, 0.25) is 5.02 Å². The average molecular weight is 261 g/mol. The fourth-order valence-electron chi connectivity index (χ4n) is 1.75. The van der Waals surface area contributed by atoms with Gasteiger partial charge in [0.2, 0.25) is 0 Å². The van der Waals surface area contributed by atoms with E-state index in [0.717, 1.165) is 10.4 Å². The average Bonchev–Trinajstić information content (AvgIpc) is 2.79. The summed E-state index contributed by atoms with van der Waals surface area (Å²) in [4.78, 5) is 4.18. The molecule has 0 unspecified atom stereocenters. The standard InChI is InChI=1S/C11H9ClN6/c12-8-3-1-2-4-9(8)18-11-7(5-16-18)10(13)17(14)6-15-11/h1-6,13H,14H2. The maximum absolute atomic E-state index is 7.83. The summed E-state index contributed by atoms with van der Waals surface area (Å²) >= 11 is 6.12. The Labute approximate surface area is 107 Å². The SMILES string of the molecule is N=c1c2cnn(-c3ccccc3Cl)c2ncn1N. The van der Waals surface area contributed by atoms with E-state index in [2.05, 4.69) is 10.1 Å². The summed E-state index contributed by atoms with van der Waals surface area (Å²) in [6.45, 7) is 0. The van der Waals surface area contributed by atoms with E-state index in [1.54, 1.807) is 16.9 Å². The lowest BCUT2D eigenvalue weighted by molar-refractivity contribution is 0.851. The van der Waals surface area contributed by atoms with Crippen LogP contribution in [0.4, 0.5) is 0 Å². The van der Waals surface area contributed by atoms with Crippen molar-refractivity contribution in [2.24, 2.45) is 0 Å². The van der Waals surface area contributed by atoms with Crippen molar-refractivity contribution in [2.75, 3.05) is 5.84 Å². The minimum Gasteiger partial charge on any atom is -0.336 e. The number of nitrogen functional groups attached to an aromatic ring is 1. The maximum atomic E-state index is 7.83. The highest BCUT2D eigenvalue weighted by Gasteiger charge is 2.10. The Morgan fingerprint density at radius 3 is 2.83 bits per heavy atom. The second-order valence-corrected chi connectivity index (χ2v) is 4.15. The predicted octanol–water partition coefficient (Wildman–Crippen LogP) is 1.07. The zero-order valence-corrected chi connectivity index (χ0v) is 9.96. The first-order chi connectivity index (χ1) is 8.68. The summed E-state index contributed by atoms with van der Waals surface area (Å²) in [5, 5.41) is 13.2. The van der Waals surface area contributed by atoms with Crippen LogP contribution in [0.1, 0.15) is 0 Å². The Hall–Kier alpha value is -2.34. The number of para-hydroxylation sites is 1. The molecule has 0 saturated carbocycles. The third kappa shape index (κ3) is 1.46. The number of halogens is 1. The topological polar surface area (TPSA) is 85.5 Å². The van der Waals surface area contributed by atoms with Gasteiger partial charge in [-0.2, -0.15) is 5.10 Å². The highest BCUT2D eigenvalue weighted by Crippen LogP contribution is 2.21. The van der Waals surface area contributed by atoms with Gasteiger partial charge in [0.1, 0.15) is 6.33 Å². The van der Waals surface area contributed by atoms with Gasteiger partial charge in [-0.25, -0.2) is 14.3 Å². The summed E-state index contributed by atoms with van der Waals surface area (Å²) in [6, 6.07) is 7.32. The molecule has 0 aliphatic rings. The van der Waals surface area contributed by atoms with E-state index in [4.69, 9.17) is 22.9 Å². The Balaban J connectivity index is 2.36. The molecule has 3 rings (SSSR count). The monoisotopic (exact) mass is 260 g/mol. The van der Waals surface area contributed by atoms with E-state index < -0.39 is 0 Å². The fraction of sp³-hybridized carbons (Fsp3) is 0. The van der Waals surface area contributed by atoms with Gasteiger partial charge in [0.05, 0.1) is 22.3 Å². The predicted molar refractivity (Wildman–Crippen MR) is 67.9 cm³/mol. The summed E-state index contributed by atoms with van der Waals surface area (Å²) < 4.78 is 2.73. The van der Waals surface area contributed by atoms with Crippen LogP contribution >= 0.6 is 11.6 Å². The summed E-state index contributed by atoms with van der Waals surface area (Å²) in [5.74, 6) is 5.57. The normalized spacial score (nSPS) is 10.9. The molecule has 0 bridgehead atoms.